The van der Waals surface area contributed by atoms with Crippen molar-refractivity contribution in [3.63, 3.8) is 0 Å². The summed E-state index contributed by atoms with van der Waals surface area (Å²) >= 11 is 9.58. The number of carbonyl (C=O) groups is 1. The van der Waals surface area contributed by atoms with E-state index in [-0.39, 0.29) is 5.91 Å². The van der Waals surface area contributed by atoms with Crippen molar-refractivity contribution in [2.45, 2.75) is 24.6 Å². The molecular weight excluding hydrogens is 314 g/mol. The van der Waals surface area contributed by atoms with Gasteiger partial charge in [-0.3, -0.25) is 4.79 Å². The van der Waals surface area contributed by atoms with Crippen molar-refractivity contribution in [2.75, 3.05) is 13.1 Å². The molecular formula is C14H17BrClNO. The number of piperidine rings is 1. The molecule has 2 rings (SSSR count). The molecule has 1 heterocycles. The zero-order valence-electron chi connectivity index (χ0n) is 10.4. The molecule has 2 unspecified atom stereocenters. The first-order valence-corrected chi connectivity index (χ1v) is 7.52. The SMILES string of the molecule is CC1CN(C(=O)Cc2cccc(Cl)c2)CCC1Br. The highest BCUT2D eigenvalue weighted by atomic mass is 79.9. The van der Waals surface area contributed by atoms with Crippen molar-refractivity contribution in [3.05, 3.63) is 34.9 Å². The molecule has 2 nitrogen and oxygen atoms in total. The number of hydrogen-bond acceptors (Lipinski definition) is 1. The number of carbonyl (C=O) groups excluding carboxylic acids is 1. The van der Waals surface area contributed by atoms with E-state index < -0.39 is 0 Å². The van der Waals surface area contributed by atoms with Crippen LogP contribution in [0.15, 0.2) is 24.3 Å². The molecule has 0 aliphatic carbocycles. The van der Waals surface area contributed by atoms with E-state index in [1.807, 2.05) is 29.2 Å². The summed E-state index contributed by atoms with van der Waals surface area (Å²) in [5.74, 6) is 0.713. The molecule has 1 aromatic rings. The number of benzene rings is 1. The van der Waals surface area contributed by atoms with Crippen molar-refractivity contribution < 1.29 is 4.79 Å². The van der Waals surface area contributed by atoms with Gasteiger partial charge in [-0.1, -0.05) is 46.6 Å². The molecule has 1 amide bonds. The van der Waals surface area contributed by atoms with Crippen LogP contribution in [0.5, 0.6) is 0 Å². The van der Waals surface area contributed by atoms with Crippen molar-refractivity contribution in [1.29, 1.82) is 0 Å². The Labute approximate surface area is 121 Å². The maximum Gasteiger partial charge on any atom is 0.227 e. The van der Waals surface area contributed by atoms with Gasteiger partial charge in [-0.25, -0.2) is 0 Å². The smallest absolute Gasteiger partial charge is 0.227 e. The fraction of sp³-hybridized carbons (Fsp3) is 0.500. The lowest BCUT2D eigenvalue weighted by molar-refractivity contribution is -0.132. The highest BCUT2D eigenvalue weighted by Gasteiger charge is 2.26. The van der Waals surface area contributed by atoms with Crippen LogP contribution in [0.3, 0.4) is 0 Å². The largest absolute Gasteiger partial charge is 0.342 e. The summed E-state index contributed by atoms with van der Waals surface area (Å²) in [6.07, 6.45) is 1.47. The fourth-order valence-electron chi connectivity index (χ4n) is 2.28. The Morgan fingerprint density at radius 1 is 1.56 bits per heavy atom. The summed E-state index contributed by atoms with van der Waals surface area (Å²) in [5, 5.41) is 0.688. The topological polar surface area (TPSA) is 20.3 Å². The van der Waals surface area contributed by atoms with Gasteiger partial charge in [0.15, 0.2) is 0 Å². The first-order valence-electron chi connectivity index (χ1n) is 6.22. The molecule has 0 spiro atoms. The molecule has 1 saturated heterocycles. The van der Waals surface area contributed by atoms with Gasteiger partial charge in [0.25, 0.3) is 0 Å². The summed E-state index contributed by atoms with van der Waals surface area (Å²) in [6, 6.07) is 7.52. The Hall–Kier alpha value is -0.540. The zero-order chi connectivity index (χ0) is 13.1. The van der Waals surface area contributed by atoms with Gasteiger partial charge < -0.3 is 4.90 Å². The van der Waals surface area contributed by atoms with E-state index in [2.05, 4.69) is 22.9 Å². The lowest BCUT2D eigenvalue weighted by atomic mass is 9.99. The van der Waals surface area contributed by atoms with Gasteiger partial charge in [0.2, 0.25) is 5.91 Å². The van der Waals surface area contributed by atoms with Crippen LogP contribution in [0.25, 0.3) is 0 Å². The van der Waals surface area contributed by atoms with Crippen LogP contribution in [0.2, 0.25) is 5.02 Å². The van der Waals surface area contributed by atoms with E-state index >= 15 is 0 Å². The maximum atomic E-state index is 12.2. The van der Waals surface area contributed by atoms with Crippen LogP contribution in [0, 0.1) is 5.92 Å². The number of rotatable bonds is 2. The third-order valence-corrected chi connectivity index (χ3v) is 4.99. The third kappa shape index (κ3) is 3.48. The first kappa shape index (κ1) is 13.9. The Kier molecular flexibility index (Phi) is 4.68. The van der Waals surface area contributed by atoms with Crippen molar-refractivity contribution in [1.82, 2.24) is 4.90 Å². The fourth-order valence-corrected chi connectivity index (χ4v) is 2.86. The monoisotopic (exact) mass is 329 g/mol. The Morgan fingerprint density at radius 3 is 3.00 bits per heavy atom. The van der Waals surface area contributed by atoms with E-state index in [9.17, 15) is 4.79 Å². The first-order chi connectivity index (χ1) is 8.56. The molecule has 2 atom stereocenters. The van der Waals surface area contributed by atoms with Crippen molar-refractivity contribution >= 4 is 33.4 Å². The molecule has 1 aromatic carbocycles. The van der Waals surface area contributed by atoms with Gasteiger partial charge in [0.05, 0.1) is 6.42 Å². The average molecular weight is 331 g/mol. The lowest BCUT2D eigenvalue weighted by Gasteiger charge is -2.34. The zero-order valence-corrected chi connectivity index (χ0v) is 12.7. The number of halogens is 2. The van der Waals surface area contributed by atoms with Gasteiger partial charge in [-0.2, -0.15) is 0 Å². The summed E-state index contributed by atoms with van der Waals surface area (Å²) in [4.78, 5) is 14.7. The molecule has 1 aliphatic rings. The number of nitrogens with zero attached hydrogens (tertiary/aromatic N) is 1. The van der Waals surface area contributed by atoms with E-state index in [1.165, 1.54) is 0 Å². The van der Waals surface area contributed by atoms with Crippen LogP contribution >= 0.6 is 27.5 Å². The molecule has 0 bridgehead atoms. The highest BCUT2D eigenvalue weighted by Crippen LogP contribution is 2.24. The second-order valence-corrected chi connectivity index (χ2v) is 6.54. The predicted molar refractivity (Wildman–Crippen MR) is 78.2 cm³/mol. The molecule has 18 heavy (non-hydrogen) atoms. The molecule has 0 aromatic heterocycles. The summed E-state index contributed by atoms with van der Waals surface area (Å²) < 4.78 is 0. The van der Waals surface area contributed by atoms with Gasteiger partial charge in [0, 0.05) is 22.9 Å². The molecule has 0 radical (unpaired) electrons. The van der Waals surface area contributed by atoms with Crippen LogP contribution in [-0.4, -0.2) is 28.7 Å². The molecule has 98 valence electrons. The number of amides is 1. The van der Waals surface area contributed by atoms with E-state index in [0.29, 0.717) is 22.2 Å². The summed E-state index contributed by atoms with van der Waals surface area (Å²) in [6.45, 7) is 3.87. The lowest BCUT2D eigenvalue weighted by Crippen LogP contribution is -2.43. The second kappa shape index (κ2) is 6.07. The third-order valence-electron chi connectivity index (χ3n) is 3.40. The quantitative estimate of drug-likeness (QED) is 0.760. The van der Waals surface area contributed by atoms with Crippen LogP contribution in [0.1, 0.15) is 18.9 Å². The van der Waals surface area contributed by atoms with Crippen molar-refractivity contribution in [3.8, 4) is 0 Å². The van der Waals surface area contributed by atoms with Crippen LogP contribution in [-0.2, 0) is 11.2 Å². The van der Waals surface area contributed by atoms with Crippen molar-refractivity contribution in [2.24, 2.45) is 5.92 Å². The normalized spacial score (nSPS) is 24.1. The molecule has 0 saturated carbocycles. The Morgan fingerprint density at radius 2 is 2.33 bits per heavy atom. The Bertz CT molecular complexity index is 438. The van der Waals surface area contributed by atoms with Gasteiger partial charge in [-0.05, 0) is 30.0 Å². The number of likely N-dealkylation sites (tertiary alicyclic amines) is 1. The Balaban J connectivity index is 1.96. The summed E-state index contributed by atoms with van der Waals surface area (Å²) in [5.41, 5.74) is 0.987. The highest BCUT2D eigenvalue weighted by molar-refractivity contribution is 9.09. The molecule has 1 aliphatic heterocycles. The number of alkyl halides is 1. The maximum absolute atomic E-state index is 12.2. The average Bonchev–Trinajstić information content (AvgIpc) is 2.32. The molecule has 0 N–H and O–H groups in total. The van der Waals surface area contributed by atoms with Gasteiger partial charge in [-0.15, -0.1) is 0 Å². The second-order valence-electron chi connectivity index (χ2n) is 4.93. The van der Waals surface area contributed by atoms with E-state index in [1.54, 1.807) is 0 Å². The minimum Gasteiger partial charge on any atom is -0.342 e. The standard InChI is InChI=1S/C14H17BrClNO/c1-10-9-17(6-5-13(10)15)14(18)8-11-3-2-4-12(16)7-11/h2-4,7,10,13H,5-6,8-9H2,1H3. The van der Waals surface area contributed by atoms with Gasteiger partial charge >= 0.3 is 0 Å². The predicted octanol–water partition coefficient (Wildman–Crippen LogP) is 3.51. The van der Waals surface area contributed by atoms with Crippen LogP contribution < -0.4 is 0 Å². The summed E-state index contributed by atoms with van der Waals surface area (Å²) in [7, 11) is 0. The van der Waals surface area contributed by atoms with Crippen LogP contribution in [0.4, 0.5) is 0 Å². The minimum atomic E-state index is 0.198. The minimum absolute atomic E-state index is 0.198. The van der Waals surface area contributed by atoms with E-state index in [0.717, 1.165) is 25.1 Å². The van der Waals surface area contributed by atoms with Gasteiger partial charge in [0.1, 0.15) is 0 Å². The molecule has 4 heteroatoms. The molecule has 1 fully saturated rings. The van der Waals surface area contributed by atoms with E-state index in [4.69, 9.17) is 11.6 Å². The number of hydrogen-bond donors (Lipinski definition) is 0.